The first-order valence-corrected chi connectivity index (χ1v) is 6.41. The molecule has 0 amide bonds. The van der Waals surface area contributed by atoms with Crippen LogP contribution in [0.1, 0.15) is 25.5 Å². The smallest absolute Gasteiger partial charge is 0.130 e. The van der Waals surface area contributed by atoms with Gasteiger partial charge in [0, 0.05) is 30.8 Å². The zero-order valence-corrected chi connectivity index (χ0v) is 11.7. The Bertz CT molecular complexity index is 399. The zero-order valence-electron chi connectivity index (χ0n) is 11.7. The summed E-state index contributed by atoms with van der Waals surface area (Å²) in [5, 5.41) is 0. The maximum atomic E-state index is 13.5. The number of rotatable bonds is 7. The lowest BCUT2D eigenvalue weighted by Crippen LogP contribution is -2.32. The topological polar surface area (TPSA) is 38.5 Å². The highest BCUT2D eigenvalue weighted by molar-refractivity contribution is 5.22. The van der Waals surface area contributed by atoms with Crippen molar-refractivity contribution in [1.29, 1.82) is 0 Å². The highest BCUT2D eigenvalue weighted by atomic mass is 19.1. The number of nitrogens with two attached hydrogens (primary N) is 1. The van der Waals surface area contributed by atoms with Crippen LogP contribution in [0.4, 0.5) is 8.78 Å². The van der Waals surface area contributed by atoms with Crippen molar-refractivity contribution in [3.05, 3.63) is 35.4 Å². The Morgan fingerprint density at radius 2 is 2.00 bits per heavy atom. The molecule has 2 N–H and O–H groups in total. The second-order valence-electron chi connectivity index (χ2n) is 4.95. The molecule has 1 unspecified atom stereocenters. The molecule has 19 heavy (non-hydrogen) atoms. The first kappa shape index (κ1) is 16.0. The molecule has 0 radical (unpaired) electrons. The van der Waals surface area contributed by atoms with Gasteiger partial charge in [-0.3, -0.25) is 0 Å². The van der Waals surface area contributed by atoms with Gasteiger partial charge in [0.15, 0.2) is 0 Å². The molecule has 1 aromatic carbocycles. The number of ether oxygens (including phenoxy) is 1. The van der Waals surface area contributed by atoms with Crippen LogP contribution >= 0.6 is 0 Å². The molecule has 0 fully saturated rings. The number of hydrogen-bond donors (Lipinski definition) is 1. The first-order valence-electron chi connectivity index (χ1n) is 6.41. The van der Waals surface area contributed by atoms with Gasteiger partial charge in [0.1, 0.15) is 11.6 Å². The third kappa shape index (κ3) is 5.63. The molecule has 1 rings (SSSR count). The third-order valence-corrected chi connectivity index (χ3v) is 2.79. The number of hydrogen-bond acceptors (Lipinski definition) is 3. The van der Waals surface area contributed by atoms with Crippen LogP contribution in [-0.2, 0) is 4.74 Å². The van der Waals surface area contributed by atoms with Gasteiger partial charge in [-0.15, -0.1) is 0 Å². The van der Waals surface area contributed by atoms with Gasteiger partial charge >= 0.3 is 0 Å². The van der Waals surface area contributed by atoms with Crippen molar-refractivity contribution in [2.24, 2.45) is 5.73 Å². The van der Waals surface area contributed by atoms with E-state index in [1.165, 1.54) is 12.1 Å². The molecule has 108 valence electrons. The van der Waals surface area contributed by atoms with Crippen molar-refractivity contribution in [2.45, 2.75) is 26.0 Å². The molecule has 3 nitrogen and oxygen atoms in total. The van der Waals surface area contributed by atoms with Gasteiger partial charge < -0.3 is 15.4 Å². The fraction of sp³-hybridized carbons (Fsp3) is 0.571. The molecule has 1 aromatic rings. The molecule has 0 aliphatic heterocycles. The summed E-state index contributed by atoms with van der Waals surface area (Å²) in [4.78, 5) is 1.97. The van der Waals surface area contributed by atoms with Gasteiger partial charge in [-0.1, -0.05) is 6.07 Å². The Morgan fingerprint density at radius 3 is 2.58 bits per heavy atom. The van der Waals surface area contributed by atoms with Crippen molar-refractivity contribution in [3.63, 3.8) is 0 Å². The monoisotopic (exact) mass is 272 g/mol. The summed E-state index contributed by atoms with van der Waals surface area (Å²) in [6.07, 6.45) is 0.191. The van der Waals surface area contributed by atoms with Crippen LogP contribution in [-0.4, -0.2) is 37.7 Å². The molecule has 0 heterocycles. The van der Waals surface area contributed by atoms with Crippen LogP contribution < -0.4 is 5.73 Å². The summed E-state index contributed by atoms with van der Waals surface area (Å²) >= 11 is 0. The summed E-state index contributed by atoms with van der Waals surface area (Å²) in [5.74, 6) is -1.19. The number of likely N-dealkylation sites (N-methyl/N-ethyl adjacent to an activating group) is 1. The molecule has 0 aliphatic rings. The Kier molecular flexibility index (Phi) is 6.34. The van der Waals surface area contributed by atoms with Crippen LogP contribution in [0.5, 0.6) is 0 Å². The van der Waals surface area contributed by atoms with E-state index in [0.717, 1.165) is 6.07 Å². The van der Waals surface area contributed by atoms with Crippen LogP contribution in [0, 0.1) is 11.6 Å². The highest BCUT2D eigenvalue weighted by Crippen LogP contribution is 2.16. The molecule has 0 aromatic heterocycles. The molecule has 0 bridgehead atoms. The fourth-order valence-corrected chi connectivity index (χ4v) is 1.77. The normalized spacial score (nSPS) is 13.3. The SMILES string of the molecule is CC(C)OCCN(C)CC(N)c1ccc(F)cc1F. The minimum absolute atomic E-state index is 0.191. The predicted octanol–water partition coefficient (Wildman–Crippen LogP) is 2.32. The quantitative estimate of drug-likeness (QED) is 0.828. The zero-order chi connectivity index (χ0) is 14.4. The molecule has 0 saturated heterocycles. The molecule has 5 heteroatoms. The minimum Gasteiger partial charge on any atom is -0.377 e. The molecular formula is C14H22F2N2O. The first-order chi connectivity index (χ1) is 8.90. The summed E-state index contributed by atoms with van der Waals surface area (Å²) in [5.41, 5.74) is 6.26. The van der Waals surface area contributed by atoms with E-state index in [1.807, 2.05) is 25.8 Å². The standard InChI is InChI=1S/C14H22F2N2O/c1-10(2)19-7-6-18(3)9-14(17)12-5-4-11(15)8-13(12)16/h4-5,8,10,14H,6-7,9,17H2,1-3H3. The molecule has 0 aliphatic carbocycles. The molecular weight excluding hydrogens is 250 g/mol. The lowest BCUT2D eigenvalue weighted by molar-refractivity contribution is 0.0629. The third-order valence-electron chi connectivity index (χ3n) is 2.79. The summed E-state index contributed by atoms with van der Waals surface area (Å²) < 4.78 is 31.8. The summed E-state index contributed by atoms with van der Waals surface area (Å²) in [6, 6.07) is 3.00. The van der Waals surface area contributed by atoms with Crippen molar-refractivity contribution >= 4 is 0 Å². The van der Waals surface area contributed by atoms with E-state index in [9.17, 15) is 8.78 Å². The largest absolute Gasteiger partial charge is 0.377 e. The van der Waals surface area contributed by atoms with E-state index in [-0.39, 0.29) is 6.10 Å². The fourth-order valence-electron chi connectivity index (χ4n) is 1.77. The van der Waals surface area contributed by atoms with Gasteiger partial charge in [-0.05, 0) is 27.0 Å². The number of halogens is 2. The maximum absolute atomic E-state index is 13.5. The van der Waals surface area contributed by atoms with Gasteiger partial charge in [0.2, 0.25) is 0 Å². The Hall–Kier alpha value is -1.04. The lowest BCUT2D eigenvalue weighted by Gasteiger charge is -2.22. The number of benzene rings is 1. The van der Waals surface area contributed by atoms with Crippen molar-refractivity contribution < 1.29 is 13.5 Å². The minimum atomic E-state index is -0.598. The van der Waals surface area contributed by atoms with Gasteiger partial charge in [0.25, 0.3) is 0 Å². The average molecular weight is 272 g/mol. The predicted molar refractivity (Wildman–Crippen MR) is 71.9 cm³/mol. The molecule has 0 saturated carbocycles. The van der Waals surface area contributed by atoms with Crippen molar-refractivity contribution in [3.8, 4) is 0 Å². The number of nitrogens with zero attached hydrogens (tertiary/aromatic N) is 1. The van der Waals surface area contributed by atoms with E-state index in [0.29, 0.717) is 25.3 Å². The second-order valence-corrected chi connectivity index (χ2v) is 4.95. The summed E-state index contributed by atoms with van der Waals surface area (Å²) in [6.45, 7) is 5.75. The maximum Gasteiger partial charge on any atom is 0.130 e. The van der Waals surface area contributed by atoms with Crippen molar-refractivity contribution in [1.82, 2.24) is 4.90 Å². The van der Waals surface area contributed by atoms with Crippen LogP contribution in [0.15, 0.2) is 18.2 Å². The van der Waals surface area contributed by atoms with Crippen LogP contribution in [0.25, 0.3) is 0 Å². The second kappa shape index (κ2) is 7.53. The van der Waals surface area contributed by atoms with Crippen LogP contribution in [0.2, 0.25) is 0 Å². The average Bonchev–Trinajstić information content (AvgIpc) is 2.27. The van der Waals surface area contributed by atoms with E-state index in [4.69, 9.17) is 10.5 Å². The highest BCUT2D eigenvalue weighted by Gasteiger charge is 2.14. The van der Waals surface area contributed by atoms with E-state index in [2.05, 4.69) is 0 Å². The van der Waals surface area contributed by atoms with E-state index < -0.39 is 17.7 Å². The molecule has 1 atom stereocenters. The van der Waals surface area contributed by atoms with Crippen LogP contribution in [0.3, 0.4) is 0 Å². The Morgan fingerprint density at radius 1 is 1.32 bits per heavy atom. The van der Waals surface area contributed by atoms with Gasteiger partial charge in [-0.2, -0.15) is 0 Å². The lowest BCUT2D eigenvalue weighted by atomic mass is 10.1. The van der Waals surface area contributed by atoms with Crippen molar-refractivity contribution in [2.75, 3.05) is 26.7 Å². The Balaban J connectivity index is 2.47. The van der Waals surface area contributed by atoms with Gasteiger partial charge in [-0.25, -0.2) is 8.78 Å². The molecule has 0 spiro atoms. The van der Waals surface area contributed by atoms with Gasteiger partial charge in [0.05, 0.1) is 12.7 Å². The van der Waals surface area contributed by atoms with E-state index in [1.54, 1.807) is 0 Å². The van der Waals surface area contributed by atoms with E-state index >= 15 is 0 Å². The Labute approximate surface area is 113 Å². The summed E-state index contributed by atoms with van der Waals surface area (Å²) in [7, 11) is 1.89.